The van der Waals surface area contributed by atoms with Crippen LogP contribution >= 0.6 is 0 Å². The molecule has 8 aromatic carbocycles. The third kappa shape index (κ3) is 5.40. The van der Waals surface area contributed by atoms with E-state index in [4.69, 9.17) is 14.4 Å². The average molecular weight is 719 g/mol. The maximum absolute atomic E-state index is 6.70. The lowest BCUT2D eigenvalue weighted by Gasteiger charge is -2.24. The third-order valence-corrected chi connectivity index (χ3v) is 10.9. The highest BCUT2D eigenvalue weighted by molar-refractivity contribution is 6.15. The molecule has 1 N–H and O–H groups in total. The third-order valence-electron chi connectivity index (χ3n) is 10.9. The van der Waals surface area contributed by atoms with Crippen molar-refractivity contribution < 1.29 is 4.42 Å². The van der Waals surface area contributed by atoms with E-state index >= 15 is 0 Å². The van der Waals surface area contributed by atoms with Crippen LogP contribution in [0.2, 0.25) is 0 Å². The standard InChI is InChI=1S/C51H34N4O/c1-5-14-33(15-6-1)37-24-28-44-42(30-37)43-31-38(34-16-7-2-8-17-34)25-29-45(43)55(44)39-26-27-40-47(32-39)56-46-23-13-22-41(48(40)46)51-53-49(35-18-9-3-10-19-35)52-50(54-51)36-20-11-4-12-21-36/h1-32,51H,(H,52,53,54). The van der Waals surface area contributed by atoms with Gasteiger partial charge in [-0.1, -0.05) is 146 Å². The van der Waals surface area contributed by atoms with Gasteiger partial charge in [0.15, 0.2) is 5.84 Å². The number of aliphatic imine (C=N–C) groups is 2. The summed E-state index contributed by atoms with van der Waals surface area (Å²) >= 11 is 0. The van der Waals surface area contributed by atoms with E-state index in [1.807, 2.05) is 42.5 Å². The van der Waals surface area contributed by atoms with Crippen molar-refractivity contribution in [1.82, 2.24) is 9.88 Å². The fourth-order valence-corrected chi connectivity index (χ4v) is 8.20. The molecular formula is C51H34N4O. The first-order valence-electron chi connectivity index (χ1n) is 18.9. The van der Waals surface area contributed by atoms with Gasteiger partial charge >= 0.3 is 0 Å². The van der Waals surface area contributed by atoms with E-state index in [1.165, 1.54) is 33.0 Å². The zero-order valence-corrected chi connectivity index (χ0v) is 30.3. The Morgan fingerprint density at radius 3 is 1.62 bits per heavy atom. The Morgan fingerprint density at radius 1 is 0.446 bits per heavy atom. The summed E-state index contributed by atoms with van der Waals surface area (Å²) in [4.78, 5) is 10.2. The molecule has 10 aromatic rings. The van der Waals surface area contributed by atoms with Crippen LogP contribution in [0.5, 0.6) is 0 Å². The molecule has 0 saturated carbocycles. The van der Waals surface area contributed by atoms with Gasteiger partial charge in [0, 0.05) is 50.0 Å². The average Bonchev–Trinajstić information content (AvgIpc) is 3.82. The second-order valence-electron chi connectivity index (χ2n) is 14.2. The summed E-state index contributed by atoms with van der Waals surface area (Å²) in [6, 6.07) is 68.1. The molecule has 1 aliphatic heterocycles. The van der Waals surface area contributed by atoms with Crippen molar-refractivity contribution >= 4 is 55.4 Å². The van der Waals surface area contributed by atoms with Crippen LogP contribution in [0.3, 0.4) is 0 Å². The van der Waals surface area contributed by atoms with E-state index in [0.717, 1.165) is 61.2 Å². The Balaban J connectivity index is 1.07. The van der Waals surface area contributed by atoms with Crippen LogP contribution in [-0.4, -0.2) is 16.2 Å². The number of aromatic nitrogens is 1. The van der Waals surface area contributed by atoms with Gasteiger partial charge in [-0.2, -0.15) is 0 Å². The Kier molecular flexibility index (Phi) is 7.49. The maximum Gasteiger partial charge on any atom is 0.159 e. The molecule has 0 fully saturated rings. The van der Waals surface area contributed by atoms with Gasteiger partial charge in [0.1, 0.15) is 23.2 Å². The first-order chi connectivity index (χ1) is 27.7. The van der Waals surface area contributed by atoms with Crippen LogP contribution in [0, 0.1) is 0 Å². The van der Waals surface area contributed by atoms with E-state index < -0.39 is 0 Å². The van der Waals surface area contributed by atoms with Crippen molar-refractivity contribution in [2.45, 2.75) is 6.17 Å². The van der Waals surface area contributed by atoms with E-state index in [0.29, 0.717) is 5.84 Å². The van der Waals surface area contributed by atoms with Crippen molar-refractivity contribution in [1.29, 1.82) is 0 Å². The predicted molar refractivity (Wildman–Crippen MR) is 231 cm³/mol. The number of hydrogen-bond donors (Lipinski definition) is 1. The fraction of sp³-hybridized carbons (Fsp3) is 0.0196. The Morgan fingerprint density at radius 2 is 1.02 bits per heavy atom. The predicted octanol–water partition coefficient (Wildman–Crippen LogP) is 12.5. The maximum atomic E-state index is 6.70. The lowest BCUT2D eigenvalue weighted by Crippen LogP contribution is -2.33. The second kappa shape index (κ2) is 13.1. The number of fused-ring (bicyclic) bond motifs is 6. The normalized spacial score (nSPS) is 14.2. The fourth-order valence-electron chi connectivity index (χ4n) is 8.20. The highest BCUT2D eigenvalue weighted by Gasteiger charge is 2.25. The number of rotatable bonds is 6. The van der Waals surface area contributed by atoms with Gasteiger partial charge in [-0.3, -0.25) is 0 Å². The molecule has 56 heavy (non-hydrogen) atoms. The molecule has 0 spiro atoms. The zero-order valence-electron chi connectivity index (χ0n) is 30.3. The Labute approximate surface area is 323 Å². The van der Waals surface area contributed by atoms with Gasteiger partial charge in [0.25, 0.3) is 0 Å². The highest BCUT2D eigenvalue weighted by atomic mass is 16.3. The molecule has 3 heterocycles. The SMILES string of the molecule is c1ccc(C2=NC(c3cccc4oc5cc(-n6c7ccc(-c8ccccc8)cc7c7cc(-c8ccccc8)ccc76)ccc5c34)NC(c3ccccc3)=N2)cc1. The quantitative estimate of drug-likeness (QED) is 0.186. The minimum absolute atomic E-state index is 0.378. The largest absolute Gasteiger partial charge is 0.456 e. The number of nitrogens with one attached hydrogen (secondary N) is 1. The van der Waals surface area contributed by atoms with Crippen LogP contribution < -0.4 is 5.32 Å². The molecule has 0 amide bonds. The van der Waals surface area contributed by atoms with Crippen LogP contribution in [0.15, 0.2) is 209 Å². The number of furan rings is 1. The first kappa shape index (κ1) is 32.0. The molecule has 5 heteroatoms. The summed E-state index contributed by atoms with van der Waals surface area (Å²) in [7, 11) is 0. The van der Waals surface area contributed by atoms with Crippen molar-refractivity contribution in [2.24, 2.45) is 9.98 Å². The molecule has 0 radical (unpaired) electrons. The Bertz CT molecular complexity index is 3050. The molecule has 5 nitrogen and oxygen atoms in total. The molecule has 1 atom stereocenters. The molecule has 11 rings (SSSR count). The summed E-state index contributed by atoms with van der Waals surface area (Å²) in [6.45, 7) is 0. The van der Waals surface area contributed by atoms with Crippen LogP contribution in [-0.2, 0) is 0 Å². The summed E-state index contributed by atoms with van der Waals surface area (Å²) < 4.78 is 9.07. The molecule has 264 valence electrons. The second-order valence-corrected chi connectivity index (χ2v) is 14.2. The van der Waals surface area contributed by atoms with Gasteiger partial charge in [-0.05, 0) is 64.7 Å². The summed E-state index contributed by atoms with van der Waals surface area (Å²) in [5.74, 6) is 1.48. The summed E-state index contributed by atoms with van der Waals surface area (Å²) in [5.41, 5.74) is 12.8. The molecule has 1 aliphatic rings. The summed E-state index contributed by atoms with van der Waals surface area (Å²) in [6.07, 6.45) is -0.378. The molecule has 0 saturated heterocycles. The van der Waals surface area contributed by atoms with Crippen LogP contribution in [0.25, 0.3) is 71.7 Å². The first-order valence-corrected chi connectivity index (χ1v) is 18.9. The van der Waals surface area contributed by atoms with Gasteiger partial charge in [0.05, 0.1) is 11.0 Å². The van der Waals surface area contributed by atoms with Crippen molar-refractivity contribution in [3.05, 3.63) is 211 Å². The van der Waals surface area contributed by atoms with Crippen LogP contribution in [0.4, 0.5) is 0 Å². The van der Waals surface area contributed by atoms with E-state index in [2.05, 4.69) is 162 Å². The number of amidine groups is 2. The highest BCUT2D eigenvalue weighted by Crippen LogP contribution is 2.40. The van der Waals surface area contributed by atoms with Crippen LogP contribution in [0.1, 0.15) is 22.9 Å². The van der Waals surface area contributed by atoms with E-state index in [-0.39, 0.29) is 6.17 Å². The summed E-state index contributed by atoms with van der Waals surface area (Å²) in [5, 5.41) is 8.15. The van der Waals surface area contributed by atoms with Gasteiger partial charge < -0.3 is 14.3 Å². The van der Waals surface area contributed by atoms with Crippen molar-refractivity contribution in [3.63, 3.8) is 0 Å². The van der Waals surface area contributed by atoms with Crippen molar-refractivity contribution in [3.8, 4) is 27.9 Å². The van der Waals surface area contributed by atoms with Crippen molar-refractivity contribution in [2.75, 3.05) is 0 Å². The molecule has 0 bridgehead atoms. The minimum Gasteiger partial charge on any atom is -0.456 e. The minimum atomic E-state index is -0.378. The zero-order chi connectivity index (χ0) is 37.0. The Hall–Kier alpha value is -7.50. The molecular weight excluding hydrogens is 685 g/mol. The van der Waals surface area contributed by atoms with Gasteiger partial charge in [-0.15, -0.1) is 0 Å². The topological polar surface area (TPSA) is 54.8 Å². The lowest BCUT2D eigenvalue weighted by molar-refractivity contribution is 0.662. The van der Waals surface area contributed by atoms with Gasteiger partial charge in [0.2, 0.25) is 0 Å². The van der Waals surface area contributed by atoms with E-state index in [1.54, 1.807) is 0 Å². The smallest absolute Gasteiger partial charge is 0.159 e. The lowest BCUT2D eigenvalue weighted by atomic mass is 10.0. The number of nitrogens with zero attached hydrogens (tertiary/aromatic N) is 3. The monoisotopic (exact) mass is 718 g/mol. The number of benzene rings is 8. The molecule has 1 unspecified atom stereocenters. The molecule has 2 aromatic heterocycles. The number of hydrogen-bond acceptors (Lipinski definition) is 4. The molecule has 0 aliphatic carbocycles. The van der Waals surface area contributed by atoms with Gasteiger partial charge in [-0.25, -0.2) is 9.98 Å². The van der Waals surface area contributed by atoms with E-state index in [9.17, 15) is 0 Å².